The van der Waals surface area contributed by atoms with Gasteiger partial charge in [-0.05, 0) is 50.8 Å². The van der Waals surface area contributed by atoms with Gasteiger partial charge in [0.05, 0.1) is 6.10 Å². The largest absolute Gasteiger partial charge is 0.392 e. The maximum absolute atomic E-state index is 9.57. The number of likely N-dealkylation sites (tertiary alicyclic amines) is 1. The van der Waals surface area contributed by atoms with Crippen molar-refractivity contribution in [1.82, 2.24) is 4.90 Å². The lowest BCUT2D eigenvalue weighted by Gasteiger charge is -2.29. The average Bonchev–Trinajstić information content (AvgIpc) is 2.36. The summed E-state index contributed by atoms with van der Waals surface area (Å²) in [6.45, 7) is 3.19. The van der Waals surface area contributed by atoms with Crippen LogP contribution in [0, 0.1) is 0 Å². The lowest BCUT2D eigenvalue weighted by molar-refractivity contribution is 0.0699. The maximum Gasteiger partial charge on any atom is 0.0667 e. The summed E-state index contributed by atoms with van der Waals surface area (Å²) in [5, 5.41) is 9.57. The van der Waals surface area contributed by atoms with Crippen LogP contribution in [0.4, 0.5) is 0 Å². The highest BCUT2D eigenvalue weighted by atomic mass is 16.3. The molecule has 0 amide bonds. The molecule has 0 saturated carbocycles. The van der Waals surface area contributed by atoms with Crippen molar-refractivity contribution in [1.29, 1.82) is 0 Å². The SMILES string of the molecule is OC1CCCN(CCCCc2ccccc2)C1. The van der Waals surface area contributed by atoms with Gasteiger partial charge >= 0.3 is 0 Å². The third-order valence-electron chi connectivity index (χ3n) is 3.51. The molecule has 1 saturated heterocycles. The quantitative estimate of drug-likeness (QED) is 0.790. The van der Waals surface area contributed by atoms with Gasteiger partial charge in [0, 0.05) is 6.54 Å². The summed E-state index contributed by atoms with van der Waals surface area (Å²) in [5.41, 5.74) is 1.44. The van der Waals surface area contributed by atoms with Crippen LogP contribution in [0.5, 0.6) is 0 Å². The normalized spacial score (nSPS) is 21.6. The van der Waals surface area contributed by atoms with Crippen LogP contribution < -0.4 is 0 Å². The second kappa shape index (κ2) is 6.77. The number of aliphatic hydroxyl groups excluding tert-OH is 1. The lowest BCUT2D eigenvalue weighted by atomic mass is 10.1. The van der Waals surface area contributed by atoms with Crippen LogP contribution in [-0.4, -0.2) is 35.7 Å². The third kappa shape index (κ3) is 4.49. The molecule has 0 radical (unpaired) electrons. The van der Waals surface area contributed by atoms with Crippen LogP contribution in [0.2, 0.25) is 0 Å². The Bertz CT molecular complexity index is 312. The average molecular weight is 233 g/mol. The van der Waals surface area contributed by atoms with Crippen molar-refractivity contribution >= 4 is 0 Å². The number of β-amino-alcohol motifs (C(OH)–C–C–N with tert-alkyl or cyclic N) is 1. The molecule has 1 N–H and O–H groups in total. The fourth-order valence-electron chi connectivity index (χ4n) is 2.54. The molecule has 1 aromatic rings. The highest BCUT2D eigenvalue weighted by Gasteiger charge is 2.16. The first-order valence-electron chi connectivity index (χ1n) is 6.79. The Morgan fingerprint density at radius 2 is 2.00 bits per heavy atom. The van der Waals surface area contributed by atoms with E-state index in [4.69, 9.17) is 0 Å². The highest BCUT2D eigenvalue weighted by molar-refractivity contribution is 5.14. The van der Waals surface area contributed by atoms with Crippen molar-refractivity contribution in [3.05, 3.63) is 35.9 Å². The molecule has 1 unspecified atom stereocenters. The molecule has 0 aliphatic carbocycles. The second-order valence-corrected chi connectivity index (χ2v) is 5.04. The summed E-state index contributed by atoms with van der Waals surface area (Å²) in [6, 6.07) is 10.7. The first-order chi connectivity index (χ1) is 8.34. The van der Waals surface area contributed by atoms with Crippen molar-refractivity contribution in [3.63, 3.8) is 0 Å². The number of aryl methyl sites for hydroxylation is 1. The first-order valence-corrected chi connectivity index (χ1v) is 6.79. The molecule has 17 heavy (non-hydrogen) atoms. The predicted molar refractivity (Wildman–Crippen MR) is 71.1 cm³/mol. The van der Waals surface area contributed by atoms with Crippen LogP contribution in [0.1, 0.15) is 31.2 Å². The van der Waals surface area contributed by atoms with Crippen LogP contribution in [-0.2, 0) is 6.42 Å². The van der Waals surface area contributed by atoms with Gasteiger partial charge in [0.1, 0.15) is 0 Å². The fraction of sp³-hybridized carbons (Fsp3) is 0.600. The Balaban J connectivity index is 1.60. The van der Waals surface area contributed by atoms with Gasteiger partial charge in [-0.15, -0.1) is 0 Å². The molecule has 1 aliphatic rings. The number of rotatable bonds is 5. The summed E-state index contributed by atoms with van der Waals surface area (Å²) in [5.74, 6) is 0. The van der Waals surface area contributed by atoms with E-state index in [9.17, 15) is 5.11 Å². The number of hydrogen-bond donors (Lipinski definition) is 1. The molecule has 1 fully saturated rings. The van der Waals surface area contributed by atoms with Gasteiger partial charge in [-0.2, -0.15) is 0 Å². The van der Waals surface area contributed by atoms with Gasteiger partial charge in [0.25, 0.3) is 0 Å². The zero-order chi connectivity index (χ0) is 11.9. The minimum Gasteiger partial charge on any atom is -0.392 e. The molecular formula is C15H23NO. The zero-order valence-electron chi connectivity index (χ0n) is 10.5. The number of unbranched alkanes of at least 4 members (excludes halogenated alkanes) is 1. The van der Waals surface area contributed by atoms with Gasteiger partial charge in [-0.1, -0.05) is 30.3 Å². The summed E-state index contributed by atoms with van der Waals surface area (Å²) in [6.07, 6.45) is 5.72. The van der Waals surface area contributed by atoms with E-state index in [1.165, 1.54) is 31.4 Å². The molecule has 2 rings (SSSR count). The molecule has 0 bridgehead atoms. The maximum atomic E-state index is 9.57. The molecule has 1 aliphatic heterocycles. The van der Waals surface area contributed by atoms with E-state index in [2.05, 4.69) is 35.2 Å². The van der Waals surface area contributed by atoms with Gasteiger partial charge in [-0.3, -0.25) is 0 Å². The van der Waals surface area contributed by atoms with E-state index in [-0.39, 0.29) is 6.10 Å². The number of aliphatic hydroxyl groups is 1. The molecule has 1 aromatic carbocycles. The van der Waals surface area contributed by atoms with Crippen LogP contribution in [0.15, 0.2) is 30.3 Å². The number of nitrogens with zero attached hydrogens (tertiary/aromatic N) is 1. The minimum atomic E-state index is -0.0853. The smallest absolute Gasteiger partial charge is 0.0667 e. The zero-order valence-corrected chi connectivity index (χ0v) is 10.5. The second-order valence-electron chi connectivity index (χ2n) is 5.04. The van der Waals surface area contributed by atoms with Gasteiger partial charge in [0.15, 0.2) is 0 Å². The first kappa shape index (κ1) is 12.6. The molecule has 0 aromatic heterocycles. The predicted octanol–water partition coefficient (Wildman–Crippen LogP) is 2.47. The Morgan fingerprint density at radius 1 is 1.18 bits per heavy atom. The van der Waals surface area contributed by atoms with Gasteiger partial charge < -0.3 is 10.0 Å². The molecule has 2 nitrogen and oxygen atoms in total. The highest BCUT2D eigenvalue weighted by Crippen LogP contribution is 2.11. The minimum absolute atomic E-state index is 0.0853. The fourth-order valence-corrected chi connectivity index (χ4v) is 2.54. The van der Waals surface area contributed by atoms with E-state index >= 15 is 0 Å². The van der Waals surface area contributed by atoms with E-state index in [0.717, 1.165) is 25.9 Å². The Morgan fingerprint density at radius 3 is 2.76 bits per heavy atom. The summed E-state index contributed by atoms with van der Waals surface area (Å²) in [4.78, 5) is 2.40. The summed E-state index contributed by atoms with van der Waals surface area (Å²) in [7, 11) is 0. The molecule has 0 spiro atoms. The van der Waals surface area contributed by atoms with Crippen LogP contribution >= 0.6 is 0 Å². The Labute approximate surface area is 104 Å². The van der Waals surface area contributed by atoms with Crippen LogP contribution in [0.3, 0.4) is 0 Å². The van der Waals surface area contributed by atoms with E-state index in [0.29, 0.717) is 0 Å². The standard InChI is InChI=1S/C15H23NO/c17-15-10-6-12-16(13-15)11-5-4-9-14-7-2-1-3-8-14/h1-3,7-8,15,17H,4-6,9-13H2. The molecule has 2 heteroatoms. The van der Waals surface area contributed by atoms with Crippen molar-refractivity contribution in [3.8, 4) is 0 Å². The van der Waals surface area contributed by atoms with Gasteiger partial charge in [-0.25, -0.2) is 0 Å². The topological polar surface area (TPSA) is 23.5 Å². The summed E-state index contributed by atoms with van der Waals surface area (Å²) >= 11 is 0. The van der Waals surface area contributed by atoms with Gasteiger partial charge in [0.2, 0.25) is 0 Å². The van der Waals surface area contributed by atoms with Crippen molar-refractivity contribution in [2.45, 2.75) is 38.2 Å². The van der Waals surface area contributed by atoms with Crippen LogP contribution in [0.25, 0.3) is 0 Å². The number of hydrogen-bond acceptors (Lipinski definition) is 2. The number of benzene rings is 1. The number of piperidine rings is 1. The van der Waals surface area contributed by atoms with E-state index in [1.807, 2.05) is 0 Å². The molecular weight excluding hydrogens is 210 g/mol. The molecule has 94 valence electrons. The summed E-state index contributed by atoms with van der Waals surface area (Å²) < 4.78 is 0. The van der Waals surface area contributed by atoms with Crippen molar-refractivity contribution < 1.29 is 5.11 Å². The monoisotopic (exact) mass is 233 g/mol. The molecule has 1 atom stereocenters. The van der Waals surface area contributed by atoms with E-state index < -0.39 is 0 Å². The molecule has 1 heterocycles. The lowest BCUT2D eigenvalue weighted by Crippen LogP contribution is -2.38. The third-order valence-corrected chi connectivity index (χ3v) is 3.51. The van der Waals surface area contributed by atoms with E-state index in [1.54, 1.807) is 0 Å². The van der Waals surface area contributed by atoms with Crippen molar-refractivity contribution in [2.75, 3.05) is 19.6 Å². The Kier molecular flexibility index (Phi) is 5.02. The van der Waals surface area contributed by atoms with Crippen molar-refractivity contribution in [2.24, 2.45) is 0 Å². The Hall–Kier alpha value is -0.860.